The number of thiophene rings is 1. The van der Waals surface area contributed by atoms with Crippen molar-refractivity contribution in [1.82, 2.24) is 4.90 Å². The van der Waals surface area contributed by atoms with Crippen molar-refractivity contribution in [2.75, 3.05) is 36.4 Å². The molecule has 0 atom stereocenters. The number of hydrogen-bond acceptors (Lipinski definition) is 4. The van der Waals surface area contributed by atoms with Crippen LogP contribution in [0.4, 0.5) is 10.7 Å². The van der Waals surface area contributed by atoms with Gasteiger partial charge in [-0.15, -0.1) is 11.3 Å². The third-order valence-corrected chi connectivity index (χ3v) is 7.09. The Morgan fingerprint density at radius 1 is 1.15 bits per heavy atom. The Balaban J connectivity index is 1.47. The van der Waals surface area contributed by atoms with Crippen LogP contribution in [0.3, 0.4) is 0 Å². The first-order valence-corrected chi connectivity index (χ1v) is 10.9. The van der Waals surface area contributed by atoms with E-state index >= 15 is 0 Å². The van der Waals surface area contributed by atoms with Crippen LogP contribution >= 0.6 is 22.9 Å². The molecule has 0 saturated carbocycles. The summed E-state index contributed by atoms with van der Waals surface area (Å²) in [6.45, 7) is 6.50. The molecule has 0 bridgehead atoms. The molecule has 1 N–H and O–H groups in total. The smallest absolute Gasteiger partial charge is 0.221 e. The van der Waals surface area contributed by atoms with E-state index in [1.807, 2.05) is 18.2 Å². The van der Waals surface area contributed by atoms with Gasteiger partial charge in [-0.05, 0) is 43.4 Å². The Morgan fingerprint density at radius 3 is 2.63 bits per heavy atom. The number of halogens is 1. The highest BCUT2D eigenvalue weighted by Crippen LogP contribution is 2.39. The molecule has 2 heterocycles. The second-order valence-electron chi connectivity index (χ2n) is 7.41. The molecular formula is C21H26ClN3OS. The molecule has 27 heavy (non-hydrogen) atoms. The van der Waals surface area contributed by atoms with Gasteiger partial charge in [0.1, 0.15) is 0 Å². The summed E-state index contributed by atoms with van der Waals surface area (Å²) in [5.74, 6) is 0.0263. The van der Waals surface area contributed by atoms with E-state index in [2.05, 4.69) is 21.2 Å². The van der Waals surface area contributed by atoms with E-state index in [4.69, 9.17) is 11.6 Å². The Kier molecular flexibility index (Phi) is 5.71. The molecule has 4 rings (SSSR count). The molecule has 1 aliphatic heterocycles. The molecule has 1 aliphatic carbocycles. The lowest BCUT2D eigenvalue weighted by atomic mass is 9.95. The van der Waals surface area contributed by atoms with E-state index in [1.54, 1.807) is 18.3 Å². The average Bonchev–Trinajstić information content (AvgIpc) is 2.99. The highest BCUT2D eigenvalue weighted by molar-refractivity contribution is 7.16. The predicted molar refractivity (Wildman–Crippen MR) is 114 cm³/mol. The molecule has 2 aliphatic rings. The number of rotatable bonds is 4. The van der Waals surface area contributed by atoms with E-state index in [1.165, 1.54) is 28.8 Å². The third kappa shape index (κ3) is 4.15. The highest BCUT2D eigenvalue weighted by atomic mass is 35.5. The van der Waals surface area contributed by atoms with Gasteiger partial charge in [-0.2, -0.15) is 0 Å². The quantitative estimate of drug-likeness (QED) is 0.812. The van der Waals surface area contributed by atoms with Crippen molar-refractivity contribution in [2.24, 2.45) is 0 Å². The number of nitrogens with zero attached hydrogens (tertiary/aromatic N) is 2. The van der Waals surface area contributed by atoms with Crippen molar-refractivity contribution >= 4 is 39.5 Å². The summed E-state index contributed by atoms with van der Waals surface area (Å²) < 4.78 is 0. The number of carbonyl (C=O) groups excluding carboxylic acids is 1. The molecular weight excluding hydrogens is 378 g/mol. The fourth-order valence-electron chi connectivity index (χ4n) is 4.14. The summed E-state index contributed by atoms with van der Waals surface area (Å²) in [6, 6.07) is 8.08. The van der Waals surface area contributed by atoms with Crippen molar-refractivity contribution in [2.45, 2.75) is 39.2 Å². The standard InChI is InChI=1S/C21H26ClN3OS/c1-15(26)23-21-17(16-6-2-5-9-20(16)27-21)14-24-10-12-25(13-11-24)19-8-4-3-7-18(19)22/h3-4,7-8H,2,5-6,9-14H2,1H3,(H,23,26). The van der Waals surface area contributed by atoms with Crippen LogP contribution in [0.15, 0.2) is 24.3 Å². The molecule has 4 nitrogen and oxygen atoms in total. The minimum absolute atomic E-state index is 0.0263. The second kappa shape index (κ2) is 8.21. The lowest BCUT2D eigenvalue weighted by Crippen LogP contribution is -2.46. The number of amides is 1. The van der Waals surface area contributed by atoms with E-state index in [0.29, 0.717) is 0 Å². The van der Waals surface area contributed by atoms with Gasteiger partial charge in [-0.1, -0.05) is 23.7 Å². The lowest BCUT2D eigenvalue weighted by molar-refractivity contribution is -0.114. The molecule has 0 spiro atoms. The Labute approximate surface area is 170 Å². The van der Waals surface area contributed by atoms with Crippen molar-refractivity contribution < 1.29 is 4.79 Å². The van der Waals surface area contributed by atoms with Crippen LogP contribution < -0.4 is 10.2 Å². The van der Waals surface area contributed by atoms with Crippen LogP contribution in [0.5, 0.6) is 0 Å². The average molecular weight is 404 g/mol. The summed E-state index contributed by atoms with van der Waals surface area (Å²) >= 11 is 8.16. The zero-order valence-corrected chi connectivity index (χ0v) is 17.3. The number of nitrogens with one attached hydrogen (secondary N) is 1. The number of aryl methyl sites for hydroxylation is 1. The van der Waals surface area contributed by atoms with Gasteiger partial charge in [0.05, 0.1) is 15.7 Å². The molecule has 144 valence electrons. The lowest BCUT2D eigenvalue weighted by Gasteiger charge is -2.36. The zero-order chi connectivity index (χ0) is 18.8. The van der Waals surface area contributed by atoms with Gasteiger partial charge < -0.3 is 10.2 Å². The predicted octanol–water partition coefficient (Wildman–Crippen LogP) is 4.56. The Morgan fingerprint density at radius 2 is 1.89 bits per heavy atom. The van der Waals surface area contributed by atoms with Gasteiger partial charge in [-0.25, -0.2) is 0 Å². The normalized spacial score (nSPS) is 17.6. The summed E-state index contributed by atoms with van der Waals surface area (Å²) in [4.78, 5) is 18.0. The van der Waals surface area contributed by atoms with E-state index in [9.17, 15) is 4.79 Å². The first-order valence-electron chi connectivity index (χ1n) is 9.74. The number of para-hydroxylation sites is 1. The minimum Gasteiger partial charge on any atom is -0.368 e. The number of hydrogen-bond donors (Lipinski definition) is 1. The number of benzene rings is 1. The monoisotopic (exact) mass is 403 g/mol. The van der Waals surface area contributed by atoms with Gasteiger partial charge in [0.15, 0.2) is 0 Å². The maximum atomic E-state index is 11.7. The molecule has 0 radical (unpaired) electrons. The molecule has 1 amide bonds. The number of piperazine rings is 1. The summed E-state index contributed by atoms with van der Waals surface area (Å²) in [7, 11) is 0. The van der Waals surface area contributed by atoms with Gasteiger partial charge >= 0.3 is 0 Å². The van der Waals surface area contributed by atoms with E-state index in [-0.39, 0.29) is 5.91 Å². The Hall–Kier alpha value is -1.56. The zero-order valence-electron chi connectivity index (χ0n) is 15.8. The van der Waals surface area contributed by atoms with Crippen LogP contribution in [-0.2, 0) is 24.2 Å². The van der Waals surface area contributed by atoms with Crippen molar-refractivity contribution in [1.29, 1.82) is 0 Å². The molecule has 1 fully saturated rings. The van der Waals surface area contributed by atoms with Gasteiger partial charge in [0, 0.05) is 50.1 Å². The fourth-order valence-corrected chi connectivity index (χ4v) is 5.74. The van der Waals surface area contributed by atoms with Gasteiger partial charge in [0.2, 0.25) is 5.91 Å². The van der Waals surface area contributed by atoms with Crippen molar-refractivity contribution in [3.8, 4) is 0 Å². The maximum Gasteiger partial charge on any atom is 0.221 e. The van der Waals surface area contributed by atoms with Gasteiger partial charge in [-0.3, -0.25) is 9.69 Å². The molecule has 1 aromatic carbocycles. The molecule has 1 saturated heterocycles. The van der Waals surface area contributed by atoms with Gasteiger partial charge in [0.25, 0.3) is 0 Å². The van der Waals surface area contributed by atoms with E-state index in [0.717, 1.165) is 61.3 Å². The van der Waals surface area contributed by atoms with E-state index < -0.39 is 0 Å². The first kappa shape index (κ1) is 18.8. The molecule has 6 heteroatoms. The highest BCUT2D eigenvalue weighted by Gasteiger charge is 2.25. The van der Waals surface area contributed by atoms with Crippen LogP contribution in [-0.4, -0.2) is 37.0 Å². The topological polar surface area (TPSA) is 35.6 Å². The number of fused-ring (bicyclic) bond motifs is 1. The molecule has 0 unspecified atom stereocenters. The summed E-state index contributed by atoms with van der Waals surface area (Å²) in [5.41, 5.74) is 3.99. The van der Waals surface area contributed by atoms with Crippen molar-refractivity contribution in [3.63, 3.8) is 0 Å². The Bertz CT molecular complexity index is 827. The second-order valence-corrected chi connectivity index (χ2v) is 8.93. The number of carbonyl (C=O) groups is 1. The van der Waals surface area contributed by atoms with Crippen molar-refractivity contribution in [3.05, 3.63) is 45.3 Å². The van der Waals surface area contributed by atoms with Crippen LogP contribution in [0.1, 0.15) is 35.8 Å². The van der Waals surface area contributed by atoms with Crippen LogP contribution in [0.25, 0.3) is 0 Å². The van der Waals surface area contributed by atoms with Crippen LogP contribution in [0, 0.1) is 0 Å². The first-order chi connectivity index (χ1) is 13.1. The van der Waals surface area contributed by atoms with Crippen LogP contribution in [0.2, 0.25) is 5.02 Å². The number of anilines is 2. The SMILES string of the molecule is CC(=O)Nc1sc2c(c1CN1CCN(c3ccccc3Cl)CC1)CCCC2. The maximum absolute atomic E-state index is 11.7. The largest absolute Gasteiger partial charge is 0.368 e. The summed E-state index contributed by atoms with van der Waals surface area (Å²) in [6.07, 6.45) is 4.84. The molecule has 1 aromatic heterocycles. The minimum atomic E-state index is 0.0263. The summed E-state index contributed by atoms with van der Waals surface area (Å²) in [5, 5.41) is 4.98. The molecule has 2 aromatic rings. The fraction of sp³-hybridized carbons (Fsp3) is 0.476. The third-order valence-electron chi connectivity index (χ3n) is 5.52.